The molecule has 1 fully saturated rings. The van der Waals surface area contributed by atoms with Crippen LogP contribution in [0.15, 0.2) is 60.7 Å². The number of benzene rings is 2. The molecule has 2 aromatic carbocycles. The van der Waals surface area contributed by atoms with Gasteiger partial charge in [0, 0.05) is 23.2 Å². The number of ether oxygens (including phenoxy) is 1. The fourth-order valence-electron chi connectivity index (χ4n) is 4.10. The van der Waals surface area contributed by atoms with Crippen LogP contribution in [0.4, 0.5) is 4.39 Å². The third kappa shape index (κ3) is 6.01. The van der Waals surface area contributed by atoms with Crippen molar-refractivity contribution in [1.82, 2.24) is 9.88 Å². The molecule has 32 heavy (non-hydrogen) atoms. The largest absolute Gasteiger partial charge is 0.457 e. The van der Waals surface area contributed by atoms with Crippen LogP contribution >= 0.6 is 0 Å². The molecule has 3 aromatic rings. The Kier molecular flexibility index (Phi) is 7.28. The molecule has 0 amide bonds. The SMILES string of the molecule is Cc1cc(C(=O)CCCN2CCCCC2)cc(-c2ccc(Oc3ccc(F)cc3)cc2)n1. The summed E-state index contributed by atoms with van der Waals surface area (Å²) < 4.78 is 18.8. The number of nitrogens with zero attached hydrogens (tertiary/aromatic N) is 2. The van der Waals surface area contributed by atoms with Crippen molar-refractivity contribution in [2.45, 2.75) is 39.0 Å². The first kappa shape index (κ1) is 22.2. The zero-order valence-corrected chi connectivity index (χ0v) is 18.5. The second-order valence-electron chi connectivity index (χ2n) is 8.39. The van der Waals surface area contributed by atoms with E-state index in [-0.39, 0.29) is 11.6 Å². The minimum absolute atomic E-state index is 0.171. The number of piperidine rings is 1. The summed E-state index contributed by atoms with van der Waals surface area (Å²) in [5.41, 5.74) is 3.24. The van der Waals surface area contributed by atoms with Crippen molar-refractivity contribution in [3.8, 4) is 22.8 Å². The van der Waals surface area contributed by atoms with E-state index in [1.807, 2.05) is 43.3 Å². The van der Waals surface area contributed by atoms with Crippen LogP contribution in [0, 0.1) is 12.7 Å². The normalized spacial score (nSPS) is 14.3. The van der Waals surface area contributed by atoms with E-state index in [0.29, 0.717) is 17.9 Å². The lowest BCUT2D eigenvalue weighted by molar-refractivity contribution is 0.0973. The van der Waals surface area contributed by atoms with Crippen LogP contribution in [0.1, 0.15) is 48.2 Å². The van der Waals surface area contributed by atoms with Crippen molar-refractivity contribution in [3.63, 3.8) is 0 Å². The van der Waals surface area contributed by atoms with E-state index in [1.54, 1.807) is 12.1 Å². The van der Waals surface area contributed by atoms with Crippen molar-refractivity contribution in [2.75, 3.05) is 19.6 Å². The second kappa shape index (κ2) is 10.5. The number of ketones is 1. The summed E-state index contributed by atoms with van der Waals surface area (Å²) in [5, 5.41) is 0. The molecule has 0 N–H and O–H groups in total. The van der Waals surface area contributed by atoms with Gasteiger partial charge in [0.05, 0.1) is 5.69 Å². The highest BCUT2D eigenvalue weighted by Gasteiger charge is 2.13. The fourth-order valence-corrected chi connectivity index (χ4v) is 4.10. The number of hydrogen-bond acceptors (Lipinski definition) is 4. The van der Waals surface area contributed by atoms with Gasteiger partial charge in [-0.15, -0.1) is 0 Å². The number of Topliss-reactive ketones (excluding diaryl/α,β-unsaturated/α-hetero) is 1. The Morgan fingerprint density at radius 2 is 1.62 bits per heavy atom. The first-order valence-electron chi connectivity index (χ1n) is 11.3. The monoisotopic (exact) mass is 432 g/mol. The summed E-state index contributed by atoms with van der Waals surface area (Å²) in [4.78, 5) is 19.9. The van der Waals surface area contributed by atoms with E-state index in [4.69, 9.17) is 4.74 Å². The van der Waals surface area contributed by atoms with Gasteiger partial charge in [0.25, 0.3) is 0 Å². The molecule has 0 aliphatic carbocycles. The van der Waals surface area contributed by atoms with E-state index in [9.17, 15) is 9.18 Å². The van der Waals surface area contributed by atoms with E-state index in [2.05, 4.69) is 9.88 Å². The van der Waals surface area contributed by atoms with E-state index in [1.165, 1.54) is 31.4 Å². The smallest absolute Gasteiger partial charge is 0.163 e. The molecular formula is C27H29FN2O2. The summed E-state index contributed by atoms with van der Waals surface area (Å²) in [5.74, 6) is 1.10. The van der Waals surface area contributed by atoms with Crippen LogP contribution in [0.2, 0.25) is 0 Å². The van der Waals surface area contributed by atoms with E-state index in [0.717, 1.165) is 48.6 Å². The third-order valence-corrected chi connectivity index (χ3v) is 5.80. The lowest BCUT2D eigenvalue weighted by Gasteiger charge is -2.26. The van der Waals surface area contributed by atoms with Gasteiger partial charge in [-0.2, -0.15) is 0 Å². The predicted molar refractivity (Wildman–Crippen MR) is 125 cm³/mol. The number of pyridine rings is 1. The maximum absolute atomic E-state index is 13.1. The highest BCUT2D eigenvalue weighted by atomic mass is 19.1. The number of likely N-dealkylation sites (tertiary alicyclic amines) is 1. The summed E-state index contributed by atoms with van der Waals surface area (Å²) in [7, 11) is 0. The number of hydrogen-bond donors (Lipinski definition) is 0. The molecule has 0 atom stereocenters. The van der Waals surface area contributed by atoms with Crippen LogP contribution in [-0.2, 0) is 0 Å². The highest BCUT2D eigenvalue weighted by molar-refractivity contribution is 5.97. The van der Waals surface area contributed by atoms with Gasteiger partial charge in [-0.25, -0.2) is 4.39 Å². The van der Waals surface area contributed by atoms with Crippen molar-refractivity contribution < 1.29 is 13.9 Å². The average molecular weight is 433 g/mol. The Hall–Kier alpha value is -3.05. The molecule has 1 aliphatic heterocycles. The topological polar surface area (TPSA) is 42.4 Å². The Bertz CT molecular complexity index is 1040. The summed E-state index contributed by atoms with van der Waals surface area (Å²) >= 11 is 0. The molecule has 0 radical (unpaired) electrons. The molecule has 166 valence electrons. The molecule has 4 rings (SSSR count). The Labute approximate surface area is 189 Å². The molecule has 4 nitrogen and oxygen atoms in total. The van der Waals surface area contributed by atoms with Gasteiger partial charge < -0.3 is 9.64 Å². The predicted octanol–water partition coefficient (Wildman–Crippen LogP) is 6.44. The van der Waals surface area contributed by atoms with Gasteiger partial charge in [-0.05, 0) is 106 Å². The Morgan fingerprint density at radius 3 is 2.31 bits per heavy atom. The fraction of sp³-hybridized carbons (Fsp3) is 0.333. The lowest BCUT2D eigenvalue weighted by Crippen LogP contribution is -2.30. The maximum Gasteiger partial charge on any atom is 0.163 e. The van der Waals surface area contributed by atoms with Crippen molar-refractivity contribution in [2.24, 2.45) is 0 Å². The molecule has 1 aromatic heterocycles. The van der Waals surface area contributed by atoms with Crippen LogP contribution in [-0.4, -0.2) is 35.3 Å². The average Bonchev–Trinajstić information content (AvgIpc) is 2.81. The molecule has 1 aliphatic rings. The Balaban J connectivity index is 1.40. The highest BCUT2D eigenvalue weighted by Crippen LogP contribution is 2.26. The van der Waals surface area contributed by atoms with Crippen LogP contribution in [0.3, 0.4) is 0 Å². The minimum Gasteiger partial charge on any atom is -0.457 e. The molecular weight excluding hydrogens is 403 g/mol. The zero-order valence-electron chi connectivity index (χ0n) is 18.5. The maximum atomic E-state index is 13.1. The van der Waals surface area contributed by atoms with Crippen molar-refractivity contribution in [3.05, 3.63) is 77.7 Å². The number of aryl methyl sites for hydroxylation is 1. The van der Waals surface area contributed by atoms with Gasteiger partial charge in [-0.1, -0.05) is 6.42 Å². The van der Waals surface area contributed by atoms with Gasteiger partial charge in [0.1, 0.15) is 17.3 Å². The first-order chi connectivity index (χ1) is 15.6. The standard InChI is InChI=1S/C27H29FN2O2/c1-20-18-22(27(31)6-5-17-30-15-3-2-4-16-30)19-26(29-20)21-7-11-24(12-8-21)32-25-13-9-23(28)10-14-25/h7-14,18-19H,2-6,15-17H2,1H3. The number of carbonyl (C=O) groups excluding carboxylic acids is 1. The van der Waals surface area contributed by atoms with E-state index >= 15 is 0 Å². The molecule has 1 saturated heterocycles. The van der Waals surface area contributed by atoms with Gasteiger partial charge in [0.15, 0.2) is 5.78 Å². The molecule has 0 saturated carbocycles. The number of carbonyl (C=O) groups is 1. The quantitative estimate of drug-likeness (QED) is 0.384. The van der Waals surface area contributed by atoms with Gasteiger partial charge >= 0.3 is 0 Å². The van der Waals surface area contributed by atoms with Gasteiger partial charge in [-0.3, -0.25) is 9.78 Å². The summed E-state index contributed by atoms with van der Waals surface area (Å²) in [6.45, 7) is 5.24. The van der Waals surface area contributed by atoms with E-state index < -0.39 is 0 Å². The third-order valence-electron chi connectivity index (χ3n) is 5.80. The zero-order chi connectivity index (χ0) is 22.3. The van der Waals surface area contributed by atoms with Crippen LogP contribution in [0.5, 0.6) is 11.5 Å². The number of halogens is 1. The summed E-state index contributed by atoms with van der Waals surface area (Å²) in [6, 6.07) is 17.2. The van der Waals surface area contributed by atoms with Gasteiger partial charge in [0.2, 0.25) is 0 Å². The molecule has 0 spiro atoms. The van der Waals surface area contributed by atoms with Crippen LogP contribution < -0.4 is 4.74 Å². The number of rotatable bonds is 8. The Morgan fingerprint density at radius 1 is 0.969 bits per heavy atom. The minimum atomic E-state index is -0.296. The second-order valence-corrected chi connectivity index (χ2v) is 8.39. The lowest BCUT2D eigenvalue weighted by atomic mass is 10.0. The molecule has 5 heteroatoms. The summed E-state index contributed by atoms with van der Waals surface area (Å²) in [6.07, 6.45) is 5.33. The molecule has 2 heterocycles. The number of aromatic nitrogens is 1. The van der Waals surface area contributed by atoms with Crippen LogP contribution in [0.25, 0.3) is 11.3 Å². The van der Waals surface area contributed by atoms with Crippen molar-refractivity contribution in [1.29, 1.82) is 0 Å². The first-order valence-corrected chi connectivity index (χ1v) is 11.3. The molecule has 0 bridgehead atoms. The van der Waals surface area contributed by atoms with Crippen molar-refractivity contribution >= 4 is 5.78 Å². The molecule has 0 unspecified atom stereocenters.